The fourth-order valence-electron chi connectivity index (χ4n) is 1.96. The third kappa shape index (κ3) is 2.02. The number of β-amino-alcohol motifs (C(OH)–C–C–N with tert-alkyl or cyclic N) is 1. The zero-order chi connectivity index (χ0) is 11.0. The molecule has 0 spiro atoms. The summed E-state index contributed by atoms with van der Waals surface area (Å²) in [7, 11) is 3.65. The molecule has 0 saturated heterocycles. The van der Waals surface area contributed by atoms with Crippen LogP contribution in [0.25, 0.3) is 0 Å². The van der Waals surface area contributed by atoms with Crippen LogP contribution < -0.4 is 4.74 Å². The van der Waals surface area contributed by atoms with Crippen molar-refractivity contribution in [2.24, 2.45) is 0 Å². The summed E-state index contributed by atoms with van der Waals surface area (Å²) in [5.41, 5.74) is 2.14. The van der Waals surface area contributed by atoms with E-state index < -0.39 is 6.10 Å². The second-order valence-corrected chi connectivity index (χ2v) is 4.75. The van der Waals surface area contributed by atoms with E-state index in [0.717, 1.165) is 27.9 Å². The lowest BCUT2D eigenvalue weighted by atomic mass is 9.97. The number of likely N-dealkylation sites (N-methyl/N-ethyl adjacent to an activating group) is 1. The van der Waals surface area contributed by atoms with E-state index in [1.54, 1.807) is 7.11 Å². The molecule has 0 aliphatic carbocycles. The number of aliphatic hydroxyl groups excluding tert-OH is 1. The van der Waals surface area contributed by atoms with Crippen molar-refractivity contribution in [3.05, 3.63) is 27.7 Å². The van der Waals surface area contributed by atoms with Gasteiger partial charge in [0.1, 0.15) is 5.75 Å². The summed E-state index contributed by atoms with van der Waals surface area (Å²) in [6, 6.07) is 3.93. The highest BCUT2D eigenvalue weighted by atomic mass is 79.9. The summed E-state index contributed by atoms with van der Waals surface area (Å²) in [6.45, 7) is 1.54. The number of rotatable bonds is 1. The Kier molecular flexibility index (Phi) is 3.00. The lowest BCUT2D eigenvalue weighted by molar-refractivity contribution is 0.107. The van der Waals surface area contributed by atoms with Crippen molar-refractivity contribution in [2.75, 3.05) is 20.7 Å². The summed E-state index contributed by atoms with van der Waals surface area (Å²) < 4.78 is 6.13. The zero-order valence-corrected chi connectivity index (χ0v) is 10.4. The molecule has 82 valence electrons. The SMILES string of the molecule is COc1cc2c(cc1Br)C(O)CN(C)C2. The molecule has 0 radical (unpaired) electrons. The number of fused-ring (bicyclic) bond motifs is 1. The van der Waals surface area contributed by atoms with Crippen LogP contribution in [0.1, 0.15) is 17.2 Å². The van der Waals surface area contributed by atoms with Crippen LogP contribution in [0.3, 0.4) is 0 Å². The molecular weight excluding hydrogens is 258 g/mol. The molecule has 1 aromatic carbocycles. The molecule has 4 heteroatoms. The lowest BCUT2D eigenvalue weighted by Gasteiger charge is -2.29. The molecule has 0 saturated carbocycles. The van der Waals surface area contributed by atoms with Crippen molar-refractivity contribution in [1.29, 1.82) is 0 Å². The van der Waals surface area contributed by atoms with Gasteiger partial charge in [0.2, 0.25) is 0 Å². The quantitative estimate of drug-likeness (QED) is 0.848. The molecule has 0 aromatic heterocycles. The molecule has 2 rings (SSSR count). The summed E-state index contributed by atoms with van der Waals surface area (Å²) in [6.07, 6.45) is -0.402. The second-order valence-electron chi connectivity index (χ2n) is 3.90. The number of ether oxygens (including phenoxy) is 1. The average molecular weight is 272 g/mol. The molecule has 0 fully saturated rings. The maximum Gasteiger partial charge on any atom is 0.133 e. The second kappa shape index (κ2) is 4.12. The van der Waals surface area contributed by atoms with Crippen LogP contribution in [0.4, 0.5) is 0 Å². The van der Waals surface area contributed by atoms with E-state index in [2.05, 4.69) is 20.8 Å². The Balaban J connectivity index is 2.47. The van der Waals surface area contributed by atoms with Crippen molar-refractivity contribution in [3.8, 4) is 5.75 Å². The summed E-state index contributed by atoms with van der Waals surface area (Å²) in [5, 5.41) is 9.92. The Morgan fingerprint density at radius 2 is 2.27 bits per heavy atom. The van der Waals surface area contributed by atoms with Gasteiger partial charge in [0.05, 0.1) is 17.7 Å². The zero-order valence-electron chi connectivity index (χ0n) is 8.83. The predicted molar refractivity (Wildman–Crippen MR) is 62.0 cm³/mol. The molecule has 15 heavy (non-hydrogen) atoms. The Hall–Kier alpha value is -0.580. The first-order valence-corrected chi connectivity index (χ1v) is 5.64. The molecule has 1 N–H and O–H groups in total. The van der Waals surface area contributed by atoms with E-state index >= 15 is 0 Å². The molecule has 1 aromatic rings. The number of methoxy groups -OCH3 is 1. The van der Waals surface area contributed by atoms with Crippen LogP contribution in [0.15, 0.2) is 16.6 Å². The van der Waals surface area contributed by atoms with Crippen molar-refractivity contribution in [3.63, 3.8) is 0 Å². The maximum atomic E-state index is 9.92. The van der Waals surface area contributed by atoms with Crippen molar-refractivity contribution >= 4 is 15.9 Å². The van der Waals surface area contributed by atoms with E-state index in [1.165, 1.54) is 0 Å². The predicted octanol–water partition coefficient (Wildman–Crippen LogP) is 1.94. The van der Waals surface area contributed by atoms with E-state index in [-0.39, 0.29) is 0 Å². The summed E-state index contributed by atoms with van der Waals surface area (Å²) in [4.78, 5) is 2.10. The van der Waals surface area contributed by atoms with Crippen LogP contribution in [0, 0.1) is 0 Å². The number of aliphatic hydroxyl groups is 1. The smallest absolute Gasteiger partial charge is 0.133 e. The van der Waals surface area contributed by atoms with Gasteiger partial charge in [-0.05, 0) is 46.2 Å². The first-order chi connectivity index (χ1) is 7.11. The van der Waals surface area contributed by atoms with Gasteiger partial charge in [-0.2, -0.15) is 0 Å². The Labute approximate surface area is 97.8 Å². The van der Waals surface area contributed by atoms with E-state index in [4.69, 9.17) is 4.74 Å². The number of nitrogens with zero attached hydrogens (tertiary/aromatic N) is 1. The van der Waals surface area contributed by atoms with Gasteiger partial charge in [0.25, 0.3) is 0 Å². The summed E-state index contributed by atoms with van der Waals surface area (Å²) >= 11 is 3.43. The molecular formula is C11H14BrNO2. The third-order valence-corrected chi connectivity index (χ3v) is 3.32. The third-order valence-electron chi connectivity index (χ3n) is 2.70. The normalized spacial score (nSPS) is 21.2. The minimum atomic E-state index is -0.402. The van der Waals surface area contributed by atoms with E-state index in [9.17, 15) is 5.11 Å². The van der Waals surface area contributed by atoms with E-state index in [0.29, 0.717) is 6.54 Å². The minimum Gasteiger partial charge on any atom is -0.496 e. The van der Waals surface area contributed by atoms with Crippen LogP contribution >= 0.6 is 15.9 Å². The largest absolute Gasteiger partial charge is 0.496 e. The first-order valence-electron chi connectivity index (χ1n) is 4.84. The van der Waals surface area contributed by atoms with Crippen molar-refractivity contribution in [1.82, 2.24) is 4.90 Å². The Bertz CT molecular complexity index is 381. The highest BCUT2D eigenvalue weighted by Crippen LogP contribution is 2.34. The fourth-order valence-corrected chi connectivity index (χ4v) is 2.49. The standard InChI is InChI=1S/C11H14BrNO2/c1-13-5-7-3-11(15-2)9(12)4-8(7)10(14)6-13/h3-4,10,14H,5-6H2,1-2H3. The molecule has 1 unspecified atom stereocenters. The molecule has 1 atom stereocenters. The maximum absolute atomic E-state index is 9.92. The summed E-state index contributed by atoms with van der Waals surface area (Å²) in [5.74, 6) is 0.816. The number of benzene rings is 1. The minimum absolute atomic E-state index is 0.402. The number of hydrogen-bond acceptors (Lipinski definition) is 3. The van der Waals surface area contributed by atoms with Gasteiger partial charge in [-0.3, -0.25) is 4.90 Å². The van der Waals surface area contributed by atoms with Crippen LogP contribution in [0.5, 0.6) is 5.75 Å². The van der Waals surface area contributed by atoms with Gasteiger partial charge in [0, 0.05) is 13.1 Å². The molecule has 0 bridgehead atoms. The van der Waals surface area contributed by atoms with Gasteiger partial charge in [0.15, 0.2) is 0 Å². The van der Waals surface area contributed by atoms with Gasteiger partial charge < -0.3 is 9.84 Å². The Morgan fingerprint density at radius 1 is 1.53 bits per heavy atom. The number of halogens is 1. The van der Waals surface area contributed by atoms with E-state index in [1.807, 2.05) is 19.2 Å². The monoisotopic (exact) mass is 271 g/mol. The van der Waals surface area contributed by atoms with Crippen LogP contribution in [-0.4, -0.2) is 30.7 Å². The first kappa shape index (κ1) is 10.9. The molecule has 1 aliphatic heterocycles. The van der Waals surface area contributed by atoms with Crippen LogP contribution in [-0.2, 0) is 6.54 Å². The average Bonchev–Trinajstić information content (AvgIpc) is 2.18. The lowest BCUT2D eigenvalue weighted by Crippen LogP contribution is -2.30. The number of hydrogen-bond donors (Lipinski definition) is 1. The molecule has 1 aliphatic rings. The highest BCUT2D eigenvalue weighted by molar-refractivity contribution is 9.10. The van der Waals surface area contributed by atoms with Gasteiger partial charge >= 0.3 is 0 Å². The fraction of sp³-hybridized carbons (Fsp3) is 0.455. The van der Waals surface area contributed by atoms with Crippen molar-refractivity contribution in [2.45, 2.75) is 12.6 Å². The van der Waals surface area contributed by atoms with Crippen molar-refractivity contribution < 1.29 is 9.84 Å². The molecule has 1 heterocycles. The molecule has 0 amide bonds. The van der Waals surface area contributed by atoms with Crippen LogP contribution in [0.2, 0.25) is 0 Å². The Morgan fingerprint density at radius 3 is 2.93 bits per heavy atom. The highest BCUT2D eigenvalue weighted by Gasteiger charge is 2.22. The van der Waals surface area contributed by atoms with Gasteiger partial charge in [-0.15, -0.1) is 0 Å². The van der Waals surface area contributed by atoms with Gasteiger partial charge in [-0.25, -0.2) is 0 Å². The molecule has 3 nitrogen and oxygen atoms in total. The topological polar surface area (TPSA) is 32.7 Å². The van der Waals surface area contributed by atoms with Gasteiger partial charge in [-0.1, -0.05) is 0 Å².